The summed E-state index contributed by atoms with van der Waals surface area (Å²) in [4.78, 5) is 23.1. The second kappa shape index (κ2) is 6.54. The molecule has 2 amide bonds. The van der Waals surface area contributed by atoms with E-state index in [1.165, 1.54) is 0 Å². The first-order chi connectivity index (χ1) is 9.95. The van der Waals surface area contributed by atoms with Crippen LogP contribution in [0.5, 0.6) is 0 Å². The van der Waals surface area contributed by atoms with Gasteiger partial charge in [0.1, 0.15) is 0 Å². The van der Waals surface area contributed by atoms with E-state index in [1.54, 1.807) is 24.3 Å². The molecule has 0 aromatic heterocycles. The van der Waals surface area contributed by atoms with Gasteiger partial charge in [0.15, 0.2) is 0 Å². The van der Waals surface area contributed by atoms with Crippen molar-refractivity contribution in [1.29, 1.82) is 0 Å². The second-order valence-electron chi connectivity index (χ2n) is 4.78. The van der Waals surface area contributed by atoms with Gasteiger partial charge in [-0.1, -0.05) is 23.8 Å². The van der Waals surface area contributed by atoms with E-state index in [9.17, 15) is 9.59 Å². The summed E-state index contributed by atoms with van der Waals surface area (Å²) < 4.78 is 0.746. The van der Waals surface area contributed by atoms with Crippen LogP contribution < -0.4 is 11.1 Å². The number of halogens is 1. The Morgan fingerprint density at radius 2 is 1.81 bits per heavy atom. The zero-order valence-corrected chi connectivity index (χ0v) is 13.1. The highest BCUT2D eigenvalue weighted by molar-refractivity contribution is 9.10. The van der Waals surface area contributed by atoms with Crippen molar-refractivity contribution in [3.05, 3.63) is 63.6 Å². The number of carbonyl (C=O) groups excluding carboxylic acids is 2. The fourth-order valence-corrected chi connectivity index (χ4v) is 2.35. The van der Waals surface area contributed by atoms with Crippen LogP contribution in [-0.4, -0.2) is 11.8 Å². The van der Waals surface area contributed by atoms with E-state index in [0.717, 1.165) is 15.6 Å². The van der Waals surface area contributed by atoms with Gasteiger partial charge in [0.05, 0.1) is 12.0 Å². The highest BCUT2D eigenvalue weighted by Gasteiger charge is 2.10. The van der Waals surface area contributed by atoms with Gasteiger partial charge < -0.3 is 11.1 Å². The van der Waals surface area contributed by atoms with Gasteiger partial charge in [-0.2, -0.15) is 0 Å². The van der Waals surface area contributed by atoms with Crippen molar-refractivity contribution < 1.29 is 9.59 Å². The highest BCUT2D eigenvalue weighted by Crippen LogP contribution is 2.20. The molecule has 0 aliphatic rings. The lowest BCUT2D eigenvalue weighted by molar-refractivity contribution is -0.117. The van der Waals surface area contributed by atoms with Crippen LogP contribution in [0.3, 0.4) is 0 Å². The van der Waals surface area contributed by atoms with Crippen LogP contribution in [0.2, 0.25) is 0 Å². The van der Waals surface area contributed by atoms with Crippen molar-refractivity contribution in [2.75, 3.05) is 5.32 Å². The number of primary amides is 1. The molecule has 2 aromatic rings. The van der Waals surface area contributed by atoms with Crippen molar-refractivity contribution in [2.45, 2.75) is 13.3 Å². The first-order valence-electron chi connectivity index (χ1n) is 6.40. The minimum absolute atomic E-state index is 0.187. The smallest absolute Gasteiger partial charge is 0.256 e. The topological polar surface area (TPSA) is 72.2 Å². The molecule has 0 fully saturated rings. The number of hydrogen-bond donors (Lipinski definition) is 2. The Labute approximate surface area is 131 Å². The summed E-state index contributed by atoms with van der Waals surface area (Å²) in [5, 5.41) is 2.82. The lowest BCUT2D eigenvalue weighted by atomic mass is 10.1. The molecule has 21 heavy (non-hydrogen) atoms. The number of benzene rings is 2. The summed E-state index contributed by atoms with van der Waals surface area (Å²) in [6, 6.07) is 12.6. The third-order valence-electron chi connectivity index (χ3n) is 2.96. The van der Waals surface area contributed by atoms with Crippen LogP contribution in [0.15, 0.2) is 46.9 Å². The molecule has 4 nitrogen and oxygen atoms in total. The Kier molecular flexibility index (Phi) is 4.75. The van der Waals surface area contributed by atoms with Gasteiger partial charge >= 0.3 is 0 Å². The van der Waals surface area contributed by atoms with Crippen molar-refractivity contribution >= 4 is 33.4 Å². The molecular weight excluding hydrogens is 332 g/mol. The SMILES string of the molecule is Cc1ccc(Br)c(C(=O)Nc2ccc(CC(N)=O)cc2)c1. The first kappa shape index (κ1) is 15.3. The van der Waals surface area contributed by atoms with E-state index in [1.807, 2.05) is 25.1 Å². The molecule has 0 bridgehead atoms. The molecule has 108 valence electrons. The summed E-state index contributed by atoms with van der Waals surface area (Å²) in [5.41, 5.74) is 8.22. The highest BCUT2D eigenvalue weighted by atomic mass is 79.9. The molecule has 5 heteroatoms. The van der Waals surface area contributed by atoms with E-state index >= 15 is 0 Å². The Hall–Kier alpha value is -2.14. The Balaban J connectivity index is 2.12. The molecule has 0 spiro atoms. The van der Waals surface area contributed by atoms with Gasteiger partial charge in [-0.25, -0.2) is 0 Å². The van der Waals surface area contributed by atoms with Crippen LogP contribution in [0, 0.1) is 6.92 Å². The van der Waals surface area contributed by atoms with Crippen LogP contribution in [0.1, 0.15) is 21.5 Å². The number of rotatable bonds is 4. The second-order valence-corrected chi connectivity index (χ2v) is 5.63. The van der Waals surface area contributed by atoms with E-state index in [-0.39, 0.29) is 18.2 Å². The van der Waals surface area contributed by atoms with Gasteiger partial charge in [0.2, 0.25) is 5.91 Å². The minimum Gasteiger partial charge on any atom is -0.369 e. The van der Waals surface area contributed by atoms with Gasteiger partial charge in [0.25, 0.3) is 5.91 Å². The molecule has 0 aliphatic carbocycles. The van der Waals surface area contributed by atoms with E-state index in [4.69, 9.17) is 5.73 Å². The summed E-state index contributed by atoms with van der Waals surface area (Å²) in [7, 11) is 0. The maximum absolute atomic E-state index is 12.2. The molecule has 2 rings (SSSR count). The summed E-state index contributed by atoms with van der Waals surface area (Å²) >= 11 is 3.37. The third kappa shape index (κ3) is 4.16. The number of hydrogen-bond acceptors (Lipinski definition) is 2. The van der Waals surface area contributed by atoms with E-state index in [0.29, 0.717) is 11.3 Å². The zero-order valence-electron chi connectivity index (χ0n) is 11.5. The number of anilines is 1. The molecular formula is C16H15BrN2O2. The maximum Gasteiger partial charge on any atom is 0.256 e. The largest absolute Gasteiger partial charge is 0.369 e. The first-order valence-corrected chi connectivity index (χ1v) is 7.20. The lowest BCUT2D eigenvalue weighted by Crippen LogP contribution is -2.14. The van der Waals surface area contributed by atoms with Crippen molar-refractivity contribution in [1.82, 2.24) is 0 Å². The van der Waals surface area contributed by atoms with E-state index in [2.05, 4.69) is 21.2 Å². The minimum atomic E-state index is -0.379. The third-order valence-corrected chi connectivity index (χ3v) is 3.65. The van der Waals surface area contributed by atoms with Crippen molar-refractivity contribution in [3.8, 4) is 0 Å². The lowest BCUT2D eigenvalue weighted by Gasteiger charge is -2.08. The standard InChI is InChI=1S/C16H15BrN2O2/c1-10-2-7-14(17)13(8-10)16(21)19-12-5-3-11(4-6-12)9-15(18)20/h2-8H,9H2,1H3,(H2,18,20)(H,19,21). The van der Waals surface area contributed by atoms with Gasteiger partial charge in [-0.3, -0.25) is 9.59 Å². The number of nitrogens with two attached hydrogens (primary N) is 1. The molecule has 0 saturated carbocycles. The molecule has 0 saturated heterocycles. The Bertz CT molecular complexity index is 681. The summed E-state index contributed by atoms with van der Waals surface area (Å²) in [5.74, 6) is -0.566. The Morgan fingerprint density at radius 1 is 1.14 bits per heavy atom. The molecule has 0 radical (unpaired) electrons. The number of aryl methyl sites for hydroxylation is 1. The van der Waals surface area contributed by atoms with Gasteiger partial charge in [-0.15, -0.1) is 0 Å². The average molecular weight is 347 g/mol. The predicted octanol–water partition coefficient (Wildman–Crippen LogP) is 3.04. The molecule has 0 aliphatic heterocycles. The number of carbonyl (C=O) groups is 2. The molecule has 0 atom stereocenters. The Morgan fingerprint density at radius 3 is 2.43 bits per heavy atom. The summed E-state index contributed by atoms with van der Waals surface area (Å²) in [6.45, 7) is 1.93. The summed E-state index contributed by atoms with van der Waals surface area (Å²) in [6.07, 6.45) is 0.192. The van der Waals surface area contributed by atoms with Crippen molar-refractivity contribution in [2.24, 2.45) is 5.73 Å². The molecule has 3 N–H and O–H groups in total. The maximum atomic E-state index is 12.2. The van der Waals surface area contributed by atoms with Crippen LogP contribution in [-0.2, 0) is 11.2 Å². The monoisotopic (exact) mass is 346 g/mol. The fourth-order valence-electron chi connectivity index (χ4n) is 1.92. The van der Waals surface area contributed by atoms with Crippen molar-refractivity contribution in [3.63, 3.8) is 0 Å². The molecule has 0 unspecified atom stereocenters. The fraction of sp³-hybridized carbons (Fsp3) is 0.125. The van der Waals surface area contributed by atoms with Crippen LogP contribution in [0.4, 0.5) is 5.69 Å². The van der Waals surface area contributed by atoms with E-state index < -0.39 is 0 Å². The predicted molar refractivity (Wildman–Crippen MR) is 86.2 cm³/mol. The number of amides is 2. The van der Waals surface area contributed by atoms with Crippen LogP contribution in [0.25, 0.3) is 0 Å². The normalized spacial score (nSPS) is 10.2. The zero-order chi connectivity index (χ0) is 15.4. The quantitative estimate of drug-likeness (QED) is 0.892. The van der Waals surface area contributed by atoms with Gasteiger partial charge in [0, 0.05) is 10.2 Å². The number of nitrogens with one attached hydrogen (secondary N) is 1. The van der Waals surface area contributed by atoms with Gasteiger partial charge in [-0.05, 0) is 52.7 Å². The van der Waals surface area contributed by atoms with Crippen LogP contribution >= 0.6 is 15.9 Å². The molecule has 2 aromatic carbocycles. The average Bonchev–Trinajstić information content (AvgIpc) is 2.43. The molecule has 0 heterocycles.